The molecule has 0 bridgehead atoms. The van der Waals surface area contributed by atoms with Crippen molar-refractivity contribution >= 4 is 34.2 Å². The van der Waals surface area contributed by atoms with E-state index >= 15 is 0 Å². The van der Waals surface area contributed by atoms with Crippen LogP contribution in [0.5, 0.6) is 0 Å². The highest BCUT2D eigenvalue weighted by atomic mass is 35.5. The van der Waals surface area contributed by atoms with E-state index in [1.54, 1.807) is 15.8 Å². The lowest BCUT2D eigenvalue weighted by Gasteiger charge is -2.24. The molecule has 0 unspecified atom stereocenters. The number of carbonyl (C=O) groups excluding carboxylic acids is 1. The molecule has 0 aliphatic rings. The van der Waals surface area contributed by atoms with E-state index in [0.29, 0.717) is 11.6 Å². The Kier molecular flexibility index (Phi) is 6.06. The number of hydrogen-bond acceptors (Lipinski definition) is 4. The van der Waals surface area contributed by atoms with Gasteiger partial charge in [0.05, 0.1) is 12.1 Å². The van der Waals surface area contributed by atoms with Crippen LogP contribution in [0.1, 0.15) is 11.1 Å². The fourth-order valence-electron chi connectivity index (χ4n) is 3.86. The van der Waals surface area contributed by atoms with Crippen LogP contribution in [0.4, 0.5) is 5.69 Å². The zero-order valence-electron chi connectivity index (χ0n) is 18.6. The smallest absolute Gasteiger partial charge is 0.249 e. The second-order valence-electron chi connectivity index (χ2n) is 8.09. The lowest BCUT2D eigenvalue weighted by atomic mass is 10.1. The lowest BCUT2D eigenvalue weighted by molar-refractivity contribution is -0.119. The summed E-state index contributed by atoms with van der Waals surface area (Å²) in [5.41, 5.74) is 6.37. The molecule has 34 heavy (non-hydrogen) atoms. The van der Waals surface area contributed by atoms with Crippen molar-refractivity contribution in [3.05, 3.63) is 107 Å². The van der Waals surface area contributed by atoms with Crippen molar-refractivity contribution in [2.24, 2.45) is 0 Å². The first-order chi connectivity index (χ1) is 16.6. The zero-order valence-corrected chi connectivity index (χ0v) is 19.4. The lowest BCUT2D eigenvalue weighted by Crippen LogP contribution is -2.33. The number of aryl methyl sites for hydroxylation is 1. The minimum Gasteiger partial charge on any atom is -0.306 e. The minimum absolute atomic E-state index is 0.0739. The van der Waals surface area contributed by atoms with Gasteiger partial charge < -0.3 is 4.90 Å². The molecule has 168 valence electrons. The van der Waals surface area contributed by atoms with Crippen LogP contribution in [0.25, 0.3) is 22.2 Å². The van der Waals surface area contributed by atoms with Gasteiger partial charge in [0.25, 0.3) is 0 Å². The average molecular weight is 468 g/mol. The third-order valence-electron chi connectivity index (χ3n) is 5.76. The summed E-state index contributed by atoms with van der Waals surface area (Å²) in [7, 11) is 0. The van der Waals surface area contributed by atoms with E-state index < -0.39 is 0 Å². The number of anilines is 1. The van der Waals surface area contributed by atoms with E-state index in [2.05, 4.69) is 15.3 Å². The Labute approximate surface area is 202 Å². The van der Waals surface area contributed by atoms with Crippen LogP contribution in [-0.4, -0.2) is 25.9 Å². The summed E-state index contributed by atoms with van der Waals surface area (Å²) in [5.74, 6) is -0.0959. The molecule has 0 radical (unpaired) electrons. The first-order valence-corrected chi connectivity index (χ1v) is 11.3. The van der Waals surface area contributed by atoms with E-state index in [9.17, 15) is 4.79 Å². The van der Waals surface area contributed by atoms with Crippen LogP contribution in [0.3, 0.4) is 0 Å². The van der Waals surface area contributed by atoms with Crippen LogP contribution in [0, 0.1) is 6.92 Å². The summed E-state index contributed by atoms with van der Waals surface area (Å²) in [6.07, 6.45) is 3.57. The first kappa shape index (κ1) is 21.8. The zero-order chi connectivity index (χ0) is 23.5. The summed E-state index contributed by atoms with van der Waals surface area (Å²) < 4.78 is 1.64. The maximum Gasteiger partial charge on any atom is 0.249 e. The molecule has 0 saturated heterocycles. The van der Waals surface area contributed by atoms with Crippen molar-refractivity contribution < 1.29 is 4.79 Å². The standard InChI is InChI=1S/C27H22ClN5O/c1-19-8-9-20(15-24(19)28)17-32(23-12-10-21(11-13-23)22-5-4-14-29-16-22)27(34)18-33-26-7-3-2-6-25(26)30-31-33/h2-16H,17-18H2,1H3. The van der Waals surface area contributed by atoms with Gasteiger partial charge in [-0.25, -0.2) is 4.68 Å². The average Bonchev–Trinajstić information content (AvgIpc) is 3.28. The van der Waals surface area contributed by atoms with Gasteiger partial charge in [-0.1, -0.05) is 59.3 Å². The molecule has 0 saturated carbocycles. The SMILES string of the molecule is Cc1ccc(CN(C(=O)Cn2nnc3ccccc32)c2ccc(-c3cccnc3)cc2)cc1Cl. The van der Waals surface area contributed by atoms with Gasteiger partial charge >= 0.3 is 0 Å². The van der Waals surface area contributed by atoms with Crippen LogP contribution in [0.15, 0.2) is 91.3 Å². The summed E-state index contributed by atoms with van der Waals surface area (Å²) in [6.45, 7) is 2.42. The Morgan fingerprint density at radius 1 is 0.971 bits per heavy atom. The molecule has 1 amide bonds. The summed E-state index contributed by atoms with van der Waals surface area (Å²) in [5, 5.41) is 9.04. The van der Waals surface area contributed by atoms with Gasteiger partial charge in [-0.05, 0) is 65.6 Å². The summed E-state index contributed by atoms with van der Waals surface area (Å²) in [6, 6.07) is 25.3. The van der Waals surface area contributed by atoms with Crippen LogP contribution < -0.4 is 4.90 Å². The van der Waals surface area contributed by atoms with E-state index in [-0.39, 0.29) is 12.5 Å². The van der Waals surface area contributed by atoms with Crippen LogP contribution in [-0.2, 0) is 17.9 Å². The number of nitrogens with zero attached hydrogens (tertiary/aromatic N) is 5. The number of benzene rings is 3. The Balaban J connectivity index is 1.47. The number of fused-ring (bicyclic) bond motifs is 1. The number of amides is 1. The van der Waals surface area contributed by atoms with Crippen LogP contribution >= 0.6 is 11.6 Å². The molecule has 3 aromatic carbocycles. The number of aromatic nitrogens is 4. The van der Waals surface area contributed by atoms with Gasteiger partial charge in [-0.3, -0.25) is 9.78 Å². The highest BCUT2D eigenvalue weighted by Gasteiger charge is 2.19. The molecule has 2 aromatic heterocycles. The summed E-state index contributed by atoms with van der Waals surface area (Å²) >= 11 is 6.36. The molecular weight excluding hydrogens is 446 g/mol. The van der Waals surface area contributed by atoms with Crippen molar-refractivity contribution in [2.75, 3.05) is 4.90 Å². The number of pyridine rings is 1. The van der Waals surface area contributed by atoms with Gasteiger partial charge in [0.1, 0.15) is 12.1 Å². The quantitative estimate of drug-likeness (QED) is 0.322. The molecule has 5 aromatic rings. The first-order valence-electron chi connectivity index (χ1n) is 10.9. The molecular formula is C27H22ClN5O. The van der Waals surface area contributed by atoms with E-state index in [0.717, 1.165) is 39.0 Å². The van der Waals surface area contributed by atoms with Crippen molar-refractivity contribution in [3.8, 4) is 11.1 Å². The number of hydrogen-bond donors (Lipinski definition) is 0. The van der Waals surface area contributed by atoms with Gasteiger partial charge in [0, 0.05) is 23.1 Å². The third-order valence-corrected chi connectivity index (χ3v) is 6.16. The molecule has 0 N–H and O–H groups in total. The number of para-hydroxylation sites is 1. The molecule has 0 fully saturated rings. The Morgan fingerprint density at radius 3 is 2.56 bits per heavy atom. The summed E-state index contributed by atoms with van der Waals surface area (Å²) in [4.78, 5) is 19.5. The van der Waals surface area contributed by atoms with Crippen molar-refractivity contribution in [1.82, 2.24) is 20.0 Å². The van der Waals surface area contributed by atoms with E-state index in [1.165, 1.54) is 0 Å². The molecule has 7 heteroatoms. The maximum atomic E-state index is 13.6. The topological polar surface area (TPSA) is 63.9 Å². The Bertz CT molecular complexity index is 1450. The predicted molar refractivity (Wildman–Crippen MR) is 135 cm³/mol. The molecule has 2 heterocycles. The third kappa shape index (κ3) is 4.54. The molecule has 0 aliphatic carbocycles. The number of rotatable bonds is 6. The van der Waals surface area contributed by atoms with Gasteiger partial charge in [0.2, 0.25) is 5.91 Å². The predicted octanol–water partition coefficient (Wildman–Crippen LogP) is 5.69. The molecule has 0 aliphatic heterocycles. The second-order valence-corrected chi connectivity index (χ2v) is 8.50. The largest absolute Gasteiger partial charge is 0.306 e. The molecule has 0 spiro atoms. The highest BCUT2D eigenvalue weighted by molar-refractivity contribution is 6.31. The second kappa shape index (κ2) is 9.45. The van der Waals surface area contributed by atoms with Crippen molar-refractivity contribution in [3.63, 3.8) is 0 Å². The minimum atomic E-state index is -0.0959. The molecule has 5 rings (SSSR count). The van der Waals surface area contributed by atoms with E-state index in [1.807, 2.05) is 92.0 Å². The van der Waals surface area contributed by atoms with Crippen molar-refractivity contribution in [1.29, 1.82) is 0 Å². The van der Waals surface area contributed by atoms with Crippen molar-refractivity contribution in [2.45, 2.75) is 20.0 Å². The van der Waals surface area contributed by atoms with Crippen LogP contribution in [0.2, 0.25) is 5.02 Å². The monoisotopic (exact) mass is 467 g/mol. The fourth-order valence-corrected chi connectivity index (χ4v) is 4.06. The Hall–Kier alpha value is -4.03. The Morgan fingerprint density at radius 2 is 1.79 bits per heavy atom. The molecule has 6 nitrogen and oxygen atoms in total. The normalized spacial score (nSPS) is 11.0. The number of carbonyl (C=O) groups is 1. The maximum absolute atomic E-state index is 13.6. The highest BCUT2D eigenvalue weighted by Crippen LogP contribution is 2.26. The molecule has 0 atom stereocenters. The number of halogens is 1. The van der Waals surface area contributed by atoms with Gasteiger partial charge in [-0.15, -0.1) is 5.10 Å². The van der Waals surface area contributed by atoms with E-state index in [4.69, 9.17) is 11.6 Å². The van der Waals surface area contributed by atoms with Gasteiger partial charge in [0.15, 0.2) is 0 Å². The van der Waals surface area contributed by atoms with Gasteiger partial charge in [-0.2, -0.15) is 0 Å². The fraction of sp³-hybridized carbons (Fsp3) is 0.111.